The van der Waals surface area contributed by atoms with Crippen LogP contribution in [0.1, 0.15) is 40.0 Å². The van der Waals surface area contributed by atoms with Gasteiger partial charge in [-0.05, 0) is 26.7 Å². The summed E-state index contributed by atoms with van der Waals surface area (Å²) in [5.41, 5.74) is 0. The summed E-state index contributed by atoms with van der Waals surface area (Å²) >= 11 is 0. The Labute approximate surface area is 69.9 Å². The highest BCUT2D eigenvalue weighted by atomic mass is 16.7. The van der Waals surface area contributed by atoms with Crippen molar-refractivity contribution in [3.05, 3.63) is 6.61 Å². The Morgan fingerprint density at radius 3 is 2.55 bits per heavy atom. The maximum atomic E-state index is 5.33. The lowest BCUT2D eigenvalue weighted by Gasteiger charge is -2.15. The van der Waals surface area contributed by atoms with Crippen molar-refractivity contribution in [2.24, 2.45) is 0 Å². The van der Waals surface area contributed by atoms with Crippen molar-refractivity contribution >= 4 is 0 Å². The Hall–Kier alpha value is -0.0800. The molecule has 11 heavy (non-hydrogen) atoms. The molecule has 0 rings (SSSR count). The SMILES string of the molecule is C[CH]OC(CCCC)OCC. The van der Waals surface area contributed by atoms with Gasteiger partial charge < -0.3 is 9.47 Å². The molecule has 0 N–H and O–H groups in total. The Morgan fingerprint density at radius 1 is 1.36 bits per heavy atom. The molecule has 0 aliphatic rings. The molecule has 1 radical (unpaired) electrons. The van der Waals surface area contributed by atoms with Crippen LogP contribution in [0, 0.1) is 6.61 Å². The lowest BCUT2D eigenvalue weighted by molar-refractivity contribution is -0.120. The first-order valence-corrected chi connectivity index (χ1v) is 4.40. The van der Waals surface area contributed by atoms with Crippen LogP contribution >= 0.6 is 0 Å². The van der Waals surface area contributed by atoms with Crippen molar-refractivity contribution in [2.75, 3.05) is 6.61 Å². The lowest BCUT2D eigenvalue weighted by Crippen LogP contribution is -2.15. The first-order chi connectivity index (χ1) is 5.35. The van der Waals surface area contributed by atoms with Crippen molar-refractivity contribution in [1.82, 2.24) is 0 Å². The molecule has 0 aromatic heterocycles. The molecule has 0 aromatic rings. The van der Waals surface area contributed by atoms with Crippen LogP contribution in [0.25, 0.3) is 0 Å². The number of hydrogen-bond acceptors (Lipinski definition) is 2. The van der Waals surface area contributed by atoms with Crippen LogP contribution in [0.4, 0.5) is 0 Å². The third kappa shape index (κ3) is 6.32. The van der Waals surface area contributed by atoms with Crippen LogP contribution in [-0.2, 0) is 9.47 Å². The molecule has 0 fully saturated rings. The number of hydrogen-bond donors (Lipinski definition) is 0. The molecule has 0 aromatic carbocycles. The van der Waals surface area contributed by atoms with Gasteiger partial charge in [-0.25, -0.2) is 0 Å². The van der Waals surface area contributed by atoms with Gasteiger partial charge in [0.1, 0.15) is 0 Å². The summed E-state index contributed by atoms with van der Waals surface area (Å²) in [5, 5.41) is 0. The summed E-state index contributed by atoms with van der Waals surface area (Å²) in [7, 11) is 0. The van der Waals surface area contributed by atoms with E-state index in [-0.39, 0.29) is 6.29 Å². The maximum Gasteiger partial charge on any atom is 0.158 e. The largest absolute Gasteiger partial charge is 0.353 e. The second kappa shape index (κ2) is 8.02. The van der Waals surface area contributed by atoms with Crippen LogP contribution in [0.5, 0.6) is 0 Å². The van der Waals surface area contributed by atoms with Gasteiger partial charge in [-0.2, -0.15) is 0 Å². The molecular weight excluding hydrogens is 140 g/mol. The van der Waals surface area contributed by atoms with E-state index in [2.05, 4.69) is 6.92 Å². The third-order valence-electron chi connectivity index (χ3n) is 1.43. The Morgan fingerprint density at radius 2 is 2.09 bits per heavy atom. The van der Waals surface area contributed by atoms with Crippen molar-refractivity contribution < 1.29 is 9.47 Å². The normalized spacial score (nSPS) is 10.9. The zero-order valence-electron chi connectivity index (χ0n) is 7.80. The summed E-state index contributed by atoms with van der Waals surface area (Å²) in [4.78, 5) is 0. The molecule has 2 nitrogen and oxygen atoms in total. The molecule has 0 saturated carbocycles. The fourth-order valence-electron chi connectivity index (χ4n) is 0.899. The van der Waals surface area contributed by atoms with Crippen molar-refractivity contribution in [3.8, 4) is 0 Å². The van der Waals surface area contributed by atoms with Gasteiger partial charge in [0.2, 0.25) is 0 Å². The van der Waals surface area contributed by atoms with Crippen LogP contribution in [0.2, 0.25) is 0 Å². The van der Waals surface area contributed by atoms with Gasteiger partial charge in [0.15, 0.2) is 6.29 Å². The smallest absolute Gasteiger partial charge is 0.158 e. The summed E-state index contributed by atoms with van der Waals surface area (Å²) in [6.07, 6.45) is 3.33. The molecule has 0 aliphatic heterocycles. The highest BCUT2D eigenvalue weighted by Gasteiger charge is 2.05. The predicted molar refractivity (Wildman–Crippen MR) is 46.0 cm³/mol. The maximum absolute atomic E-state index is 5.33. The average molecular weight is 159 g/mol. The second-order valence-corrected chi connectivity index (χ2v) is 2.40. The molecule has 0 spiro atoms. The summed E-state index contributed by atoms with van der Waals surface area (Å²) in [6.45, 7) is 8.44. The van der Waals surface area contributed by atoms with Gasteiger partial charge in [0.05, 0.1) is 6.61 Å². The quantitative estimate of drug-likeness (QED) is 0.532. The van der Waals surface area contributed by atoms with E-state index in [1.54, 1.807) is 6.61 Å². The highest BCUT2D eigenvalue weighted by molar-refractivity contribution is 4.47. The molecule has 0 bridgehead atoms. The molecule has 0 heterocycles. The Bertz CT molecular complexity index is 68.0. The van der Waals surface area contributed by atoms with Gasteiger partial charge in [0.25, 0.3) is 0 Å². The molecule has 1 atom stereocenters. The number of rotatable bonds is 7. The first-order valence-electron chi connectivity index (χ1n) is 4.40. The van der Waals surface area contributed by atoms with Gasteiger partial charge >= 0.3 is 0 Å². The Kier molecular flexibility index (Phi) is 7.96. The van der Waals surface area contributed by atoms with Gasteiger partial charge in [0, 0.05) is 6.61 Å². The van der Waals surface area contributed by atoms with E-state index in [0.717, 1.165) is 13.0 Å². The summed E-state index contributed by atoms with van der Waals surface area (Å²) in [5.74, 6) is 0. The van der Waals surface area contributed by atoms with E-state index in [0.29, 0.717) is 0 Å². The highest BCUT2D eigenvalue weighted by Crippen LogP contribution is 2.07. The number of unbranched alkanes of at least 4 members (excludes halogenated alkanes) is 1. The summed E-state index contributed by atoms with van der Waals surface area (Å²) in [6, 6.07) is 0. The van der Waals surface area contributed by atoms with E-state index in [9.17, 15) is 0 Å². The zero-order valence-corrected chi connectivity index (χ0v) is 7.80. The monoisotopic (exact) mass is 159 g/mol. The molecule has 0 aliphatic carbocycles. The first kappa shape index (κ1) is 10.9. The molecule has 0 amide bonds. The van der Waals surface area contributed by atoms with E-state index >= 15 is 0 Å². The Balaban J connectivity index is 3.34. The topological polar surface area (TPSA) is 18.5 Å². The zero-order chi connectivity index (χ0) is 8.53. The number of ether oxygens (including phenoxy) is 2. The standard InChI is InChI=1S/C9H19O2/c1-4-7-8-9(10-5-2)11-6-3/h5,9H,4,6-8H2,1-3H3. The van der Waals surface area contributed by atoms with Crippen LogP contribution in [-0.4, -0.2) is 12.9 Å². The fourth-order valence-corrected chi connectivity index (χ4v) is 0.899. The molecule has 0 saturated heterocycles. The van der Waals surface area contributed by atoms with Crippen LogP contribution in [0.15, 0.2) is 0 Å². The molecule has 67 valence electrons. The fraction of sp³-hybridized carbons (Fsp3) is 0.889. The molecule has 2 heteroatoms. The van der Waals surface area contributed by atoms with E-state index < -0.39 is 0 Å². The van der Waals surface area contributed by atoms with E-state index in [4.69, 9.17) is 9.47 Å². The molecule has 1 unspecified atom stereocenters. The molecular formula is C9H19O2. The van der Waals surface area contributed by atoms with Crippen molar-refractivity contribution in [2.45, 2.75) is 46.3 Å². The van der Waals surface area contributed by atoms with Crippen molar-refractivity contribution in [1.29, 1.82) is 0 Å². The van der Waals surface area contributed by atoms with E-state index in [1.807, 2.05) is 13.8 Å². The van der Waals surface area contributed by atoms with Gasteiger partial charge in [-0.15, -0.1) is 0 Å². The minimum Gasteiger partial charge on any atom is -0.353 e. The minimum atomic E-state index is -0.0232. The lowest BCUT2D eigenvalue weighted by atomic mass is 10.2. The van der Waals surface area contributed by atoms with Crippen LogP contribution in [0.3, 0.4) is 0 Å². The average Bonchev–Trinajstić information content (AvgIpc) is 2.01. The van der Waals surface area contributed by atoms with Crippen molar-refractivity contribution in [3.63, 3.8) is 0 Å². The van der Waals surface area contributed by atoms with Crippen LogP contribution < -0.4 is 0 Å². The minimum absolute atomic E-state index is 0.0232. The second-order valence-electron chi connectivity index (χ2n) is 2.40. The summed E-state index contributed by atoms with van der Waals surface area (Å²) < 4.78 is 10.6. The van der Waals surface area contributed by atoms with E-state index in [1.165, 1.54) is 12.8 Å². The van der Waals surface area contributed by atoms with Gasteiger partial charge in [-0.1, -0.05) is 13.3 Å². The van der Waals surface area contributed by atoms with Gasteiger partial charge in [-0.3, -0.25) is 0 Å². The predicted octanol–water partition coefficient (Wildman–Crippen LogP) is 2.74. The third-order valence-corrected chi connectivity index (χ3v) is 1.43.